The van der Waals surface area contributed by atoms with Crippen molar-refractivity contribution in [1.82, 2.24) is 19.5 Å². The minimum Gasteiger partial charge on any atom is -0.465 e. The van der Waals surface area contributed by atoms with Gasteiger partial charge in [-0.3, -0.25) is 4.57 Å². The van der Waals surface area contributed by atoms with Crippen molar-refractivity contribution in [2.24, 2.45) is 0 Å². The zero-order valence-electron chi connectivity index (χ0n) is 13.6. The van der Waals surface area contributed by atoms with E-state index in [0.717, 1.165) is 34.5 Å². The summed E-state index contributed by atoms with van der Waals surface area (Å²) in [6.07, 6.45) is 6.07. The summed E-state index contributed by atoms with van der Waals surface area (Å²) in [5.74, 6) is 0.562. The number of imidazole rings is 2. The maximum atomic E-state index is 11.7. The second-order valence-electron chi connectivity index (χ2n) is 5.69. The fourth-order valence-electron chi connectivity index (χ4n) is 2.87. The highest BCUT2D eigenvalue weighted by Crippen LogP contribution is 2.21. The van der Waals surface area contributed by atoms with Gasteiger partial charge in [-0.15, -0.1) is 0 Å². The van der Waals surface area contributed by atoms with Crippen LogP contribution in [0.1, 0.15) is 21.7 Å². The number of esters is 1. The second-order valence-corrected chi connectivity index (χ2v) is 5.69. The molecule has 0 fully saturated rings. The second kappa shape index (κ2) is 6.24. The third-order valence-corrected chi connectivity index (χ3v) is 4.08. The van der Waals surface area contributed by atoms with Crippen LogP contribution in [0.25, 0.3) is 16.7 Å². The molecule has 2 aromatic heterocycles. The maximum absolute atomic E-state index is 11.7. The summed E-state index contributed by atoms with van der Waals surface area (Å²) in [5, 5.41) is 0. The lowest BCUT2D eigenvalue weighted by atomic mass is 10.1. The van der Waals surface area contributed by atoms with Gasteiger partial charge in [0.05, 0.1) is 23.7 Å². The Morgan fingerprint density at radius 3 is 2.92 bits per heavy atom. The first-order valence-electron chi connectivity index (χ1n) is 7.87. The van der Waals surface area contributed by atoms with Crippen LogP contribution in [0.5, 0.6) is 0 Å². The van der Waals surface area contributed by atoms with Crippen molar-refractivity contribution in [3.8, 4) is 5.69 Å². The van der Waals surface area contributed by atoms with Gasteiger partial charge in [0.1, 0.15) is 12.2 Å². The number of methoxy groups -OCH3 is 1. The first kappa shape index (κ1) is 15.1. The molecule has 0 saturated heterocycles. The number of H-pyrrole nitrogens is 1. The van der Waals surface area contributed by atoms with Gasteiger partial charge in [0, 0.05) is 24.5 Å². The van der Waals surface area contributed by atoms with Gasteiger partial charge in [-0.25, -0.2) is 14.8 Å². The molecular formula is C19H16N4O2. The summed E-state index contributed by atoms with van der Waals surface area (Å²) in [4.78, 5) is 23.5. The smallest absolute Gasteiger partial charge is 0.337 e. The van der Waals surface area contributed by atoms with Gasteiger partial charge in [0.15, 0.2) is 0 Å². The molecule has 4 rings (SSSR count). The number of hydrogen-bond acceptors (Lipinski definition) is 4. The van der Waals surface area contributed by atoms with Crippen molar-refractivity contribution in [2.75, 3.05) is 7.11 Å². The first-order chi connectivity index (χ1) is 12.2. The number of nitrogens with one attached hydrogen (secondary N) is 1. The van der Waals surface area contributed by atoms with Crippen LogP contribution in [0.15, 0.2) is 61.2 Å². The number of benzene rings is 2. The molecule has 0 radical (unpaired) electrons. The molecule has 0 unspecified atom stereocenters. The minimum atomic E-state index is -0.364. The lowest BCUT2D eigenvalue weighted by Gasteiger charge is -2.07. The molecule has 0 atom stereocenters. The van der Waals surface area contributed by atoms with Crippen molar-refractivity contribution in [2.45, 2.75) is 6.42 Å². The van der Waals surface area contributed by atoms with E-state index in [1.807, 2.05) is 29.0 Å². The fraction of sp³-hybridized carbons (Fsp3) is 0.105. The molecule has 4 aromatic rings. The van der Waals surface area contributed by atoms with E-state index in [1.54, 1.807) is 24.7 Å². The first-order valence-corrected chi connectivity index (χ1v) is 7.87. The summed E-state index contributed by atoms with van der Waals surface area (Å²) in [6.45, 7) is 0. The quantitative estimate of drug-likeness (QED) is 0.583. The highest BCUT2D eigenvalue weighted by molar-refractivity contribution is 5.93. The zero-order valence-corrected chi connectivity index (χ0v) is 13.6. The van der Waals surface area contributed by atoms with Crippen molar-refractivity contribution in [3.05, 3.63) is 78.1 Å². The standard InChI is InChI=1S/C19H16N4O2/c1-25-19(24)14-5-6-17-16(11-14)22-12-23(17)15-4-2-3-13(9-15)10-18-20-7-8-21-18/h2-9,11-12H,10H2,1H3,(H,20,21). The van der Waals surface area contributed by atoms with E-state index < -0.39 is 0 Å². The average Bonchev–Trinajstić information content (AvgIpc) is 3.30. The van der Waals surface area contributed by atoms with Crippen molar-refractivity contribution < 1.29 is 9.53 Å². The molecule has 0 bridgehead atoms. The van der Waals surface area contributed by atoms with Crippen LogP contribution in [-0.2, 0) is 11.2 Å². The molecule has 1 N–H and O–H groups in total. The van der Waals surface area contributed by atoms with E-state index in [9.17, 15) is 4.79 Å². The number of aromatic nitrogens is 4. The number of fused-ring (bicyclic) bond motifs is 1. The summed E-state index contributed by atoms with van der Waals surface area (Å²) >= 11 is 0. The van der Waals surface area contributed by atoms with Gasteiger partial charge in [0.25, 0.3) is 0 Å². The third kappa shape index (κ3) is 2.89. The van der Waals surface area contributed by atoms with E-state index in [0.29, 0.717) is 5.56 Å². The van der Waals surface area contributed by atoms with Crippen LogP contribution < -0.4 is 0 Å². The molecule has 124 valence electrons. The molecule has 2 aromatic carbocycles. The van der Waals surface area contributed by atoms with Gasteiger partial charge in [-0.2, -0.15) is 0 Å². The van der Waals surface area contributed by atoms with E-state index in [1.165, 1.54) is 7.11 Å². The summed E-state index contributed by atoms with van der Waals surface area (Å²) in [6, 6.07) is 13.6. The molecule has 6 heteroatoms. The van der Waals surface area contributed by atoms with Crippen LogP contribution in [0.3, 0.4) is 0 Å². The minimum absolute atomic E-state index is 0.364. The summed E-state index contributed by atoms with van der Waals surface area (Å²) in [7, 11) is 1.37. The Labute approximate surface area is 144 Å². The molecule has 2 heterocycles. The Hall–Kier alpha value is -3.41. The number of rotatable bonds is 4. The molecule has 0 aliphatic heterocycles. The highest BCUT2D eigenvalue weighted by Gasteiger charge is 2.10. The van der Waals surface area contributed by atoms with E-state index in [2.05, 4.69) is 27.1 Å². The highest BCUT2D eigenvalue weighted by atomic mass is 16.5. The van der Waals surface area contributed by atoms with Crippen molar-refractivity contribution in [3.63, 3.8) is 0 Å². The van der Waals surface area contributed by atoms with Crippen LogP contribution in [0.4, 0.5) is 0 Å². The van der Waals surface area contributed by atoms with Gasteiger partial charge < -0.3 is 9.72 Å². The Kier molecular flexibility index (Phi) is 3.78. The molecule has 25 heavy (non-hydrogen) atoms. The SMILES string of the molecule is COC(=O)c1ccc2c(c1)ncn2-c1cccc(Cc2ncc[nH]2)c1. The van der Waals surface area contributed by atoms with Crippen molar-refractivity contribution in [1.29, 1.82) is 0 Å². The monoisotopic (exact) mass is 332 g/mol. The van der Waals surface area contributed by atoms with E-state index >= 15 is 0 Å². The lowest BCUT2D eigenvalue weighted by molar-refractivity contribution is 0.0601. The summed E-state index contributed by atoms with van der Waals surface area (Å²) in [5.41, 5.74) is 4.34. The molecule has 0 aliphatic carbocycles. The third-order valence-electron chi connectivity index (χ3n) is 4.08. The number of aromatic amines is 1. The topological polar surface area (TPSA) is 72.8 Å². The van der Waals surface area contributed by atoms with Crippen LogP contribution in [0.2, 0.25) is 0 Å². The number of carbonyl (C=O) groups excluding carboxylic acids is 1. The predicted molar refractivity (Wildman–Crippen MR) is 93.8 cm³/mol. The molecule has 0 aliphatic rings. The largest absolute Gasteiger partial charge is 0.465 e. The van der Waals surface area contributed by atoms with Gasteiger partial charge >= 0.3 is 5.97 Å². The number of nitrogens with zero attached hydrogens (tertiary/aromatic N) is 3. The maximum Gasteiger partial charge on any atom is 0.337 e. The van der Waals surface area contributed by atoms with Crippen LogP contribution in [0, 0.1) is 0 Å². The average molecular weight is 332 g/mol. The van der Waals surface area contributed by atoms with E-state index in [4.69, 9.17) is 4.74 Å². The Morgan fingerprint density at radius 2 is 2.12 bits per heavy atom. The van der Waals surface area contributed by atoms with Gasteiger partial charge in [0.2, 0.25) is 0 Å². The predicted octanol–water partition coefficient (Wildman–Crippen LogP) is 3.13. The Balaban J connectivity index is 1.71. The molecule has 6 nitrogen and oxygen atoms in total. The molecule has 0 amide bonds. The molecule has 0 spiro atoms. The zero-order chi connectivity index (χ0) is 17.2. The number of carbonyl (C=O) groups is 1. The number of ether oxygens (including phenoxy) is 1. The number of hydrogen-bond donors (Lipinski definition) is 1. The fourth-order valence-corrected chi connectivity index (χ4v) is 2.87. The van der Waals surface area contributed by atoms with Crippen molar-refractivity contribution >= 4 is 17.0 Å². The Bertz CT molecular complexity index is 1030. The normalized spacial score (nSPS) is 10.9. The van der Waals surface area contributed by atoms with Crippen LogP contribution >= 0.6 is 0 Å². The lowest BCUT2D eigenvalue weighted by Crippen LogP contribution is -2.01. The Morgan fingerprint density at radius 1 is 1.20 bits per heavy atom. The van der Waals surface area contributed by atoms with Crippen LogP contribution in [-0.4, -0.2) is 32.6 Å². The van der Waals surface area contributed by atoms with E-state index in [-0.39, 0.29) is 5.97 Å². The van der Waals surface area contributed by atoms with Gasteiger partial charge in [-0.1, -0.05) is 12.1 Å². The van der Waals surface area contributed by atoms with Gasteiger partial charge in [-0.05, 0) is 35.9 Å². The molecular weight excluding hydrogens is 316 g/mol. The summed E-state index contributed by atoms with van der Waals surface area (Å²) < 4.78 is 6.76. The molecule has 0 saturated carbocycles.